The molecule has 3 rings (SSSR count). The van der Waals surface area contributed by atoms with Crippen molar-refractivity contribution in [2.75, 3.05) is 5.32 Å². The minimum absolute atomic E-state index is 0.0239. The van der Waals surface area contributed by atoms with Crippen LogP contribution in [0.2, 0.25) is 5.02 Å². The van der Waals surface area contributed by atoms with Gasteiger partial charge in [0, 0.05) is 10.9 Å². The molecule has 0 radical (unpaired) electrons. The van der Waals surface area contributed by atoms with Crippen molar-refractivity contribution in [2.24, 2.45) is 0 Å². The fourth-order valence-electron chi connectivity index (χ4n) is 2.62. The summed E-state index contributed by atoms with van der Waals surface area (Å²) in [5, 5.41) is 12.2. The van der Waals surface area contributed by atoms with Crippen molar-refractivity contribution < 1.29 is 13.2 Å². The van der Waals surface area contributed by atoms with Gasteiger partial charge in [-0.15, -0.1) is 10.2 Å². The molecule has 0 aliphatic carbocycles. The van der Waals surface area contributed by atoms with Crippen LogP contribution in [0, 0.1) is 0 Å². The Hall–Kier alpha value is -2.33. The van der Waals surface area contributed by atoms with Crippen LogP contribution in [0.25, 0.3) is 0 Å². The number of benzene rings is 2. The van der Waals surface area contributed by atoms with Gasteiger partial charge in [-0.05, 0) is 36.2 Å². The first-order chi connectivity index (χ1) is 14.2. The molecule has 10 heteroatoms. The van der Waals surface area contributed by atoms with Gasteiger partial charge in [0.05, 0.1) is 4.90 Å². The SMILES string of the molecule is CC(C)c1nnc(NC(=O)C(Cc2ccccc2)NS(=O)(=O)c2ccc(Cl)cc2)s1. The maximum Gasteiger partial charge on any atom is 0.244 e. The molecule has 30 heavy (non-hydrogen) atoms. The van der Waals surface area contributed by atoms with Gasteiger partial charge >= 0.3 is 0 Å². The van der Waals surface area contributed by atoms with Crippen molar-refractivity contribution in [1.82, 2.24) is 14.9 Å². The number of rotatable bonds is 8. The zero-order valence-corrected chi connectivity index (χ0v) is 18.8. The Morgan fingerprint density at radius 2 is 1.73 bits per heavy atom. The van der Waals surface area contributed by atoms with Crippen LogP contribution in [0.4, 0.5) is 5.13 Å². The zero-order chi connectivity index (χ0) is 21.7. The summed E-state index contributed by atoms with van der Waals surface area (Å²) in [4.78, 5) is 13.0. The van der Waals surface area contributed by atoms with Gasteiger partial charge in [0.2, 0.25) is 21.1 Å². The number of nitrogens with zero attached hydrogens (tertiary/aromatic N) is 2. The van der Waals surface area contributed by atoms with Crippen LogP contribution in [0.5, 0.6) is 0 Å². The first kappa shape index (κ1) is 22.4. The summed E-state index contributed by atoms with van der Waals surface area (Å²) in [7, 11) is -3.94. The molecule has 1 aromatic heterocycles. The lowest BCUT2D eigenvalue weighted by molar-refractivity contribution is -0.117. The van der Waals surface area contributed by atoms with E-state index in [0.717, 1.165) is 10.6 Å². The van der Waals surface area contributed by atoms with Crippen LogP contribution in [0.15, 0.2) is 59.5 Å². The summed E-state index contributed by atoms with van der Waals surface area (Å²) in [5.74, 6) is -0.334. The molecule has 158 valence electrons. The van der Waals surface area contributed by atoms with E-state index in [9.17, 15) is 13.2 Å². The number of carbonyl (C=O) groups excluding carboxylic acids is 1. The molecule has 0 saturated heterocycles. The Morgan fingerprint density at radius 1 is 1.07 bits per heavy atom. The maximum atomic E-state index is 12.9. The minimum atomic E-state index is -3.94. The normalized spacial score (nSPS) is 12.7. The van der Waals surface area contributed by atoms with Crippen LogP contribution in [-0.4, -0.2) is 30.6 Å². The van der Waals surface area contributed by atoms with E-state index < -0.39 is 22.0 Å². The lowest BCUT2D eigenvalue weighted by Crippen LogP contribution is -2.45. The van der Waals surface area contributed by atoms with E-state index in [1.807, 2.05) is 44.2 Å². The molecule has 0 spiro atoms. The Bertz CT molecular complexity index is 1100. The smallest absolute Gasteiger partial charge is 0.244 e. The fraction of sp³-hybridized carbons (Fsp3) is 0.250. The first-order valence-electron chi connectivity index (χ1n) is 9.20. The molecule has 7 nitrogen and oxygen atoms in total. The molecule has 0 fully saturated rings. The second-order valence-electron chi connectivity index (χ2n) is 6.91. The van der Waals surface area contributed by atoms with Crippen LogP contribution in [0.3, 0.4) is 0 Å². The number of sulfonamides is 1. The minimum Gasteiger partial charge on any atom is -0.299 e. The van der Waals surface area contributed by atoms with E-state index in [2.05, 4.69) is 20.2 Å². The molecule has 2 aromatic carbocycles. The average Bonchev–Trinajstić information content (AvgIpc) is 3.17. The van der Waals surface area contributed by atoms with Crippen LogP contribution < -0.4 is 10.0 Å². The maximum absolute atomic E-state index is 12.9. The quantitative estimate of drug-likeness (QED) is 0.527. The number of hydrogen-bond donors (Lipinski definition) is 2. The van der Waals surface area contributed by atoms with E-state index in [1.54, 1.807) is 0 Å². The highest BCUT2D eigenvalue weighted by atomic mass is 35.5. The largest absolute Gasteiger partial charge is 0.299 e. The van der Waals surface area contributed by atoms with Gasteiger partial charge < -0.3 is 0 Å². The van der Waals surface area contributed by atoms with E-state index in [4.69, 9.17) is 11.6 Å². The second-order valence-corrected chi connectivity index (χ2v) is 10.1. The summed E-state index contributed by atoms with van der Waals surface area (Å²) in [6, 6.07) is 13.9. The molecule has 0 bridgehead atoms. The van der Waals surface area contributed by atoms with E-state index in [1.165, 1.54) is 35.6 Å². The van der Waals surface area contributed by atoms with Crippen molar-refractivity contribution >= 4 is 44.0 Å². The van der Waals surface area contributed by atoms with Gasteiger partial charge in [-0.1, -0.05) is 67.1 Å². The molecule has 2 N–H and O–H groups in total. The van der Waals surface area contributed by atoms with Crippen molar-refractivity contribution in [2.45, 2.75) is 37.1 Å². The summed E-state index contributed by atoms with van der Waals surface area (Å²) >= 11 is 7.11. The predicted molar refractivity (Wildman–Crippen MR) is 118 cm³/mol. The van der Waals surface area contributed by atoms with Gasteiger partial charge in [-0.3, -0.25) is 10.1 Å². The lowest BCUT2D eigenvalue weighted by atomic mass is 10.1. The van der Waals surface area contributed by atoms with Gasteiger partial charge in [0.15, 0.2) is 0 Å². The summed E-state index contributed by atoms with van der Waals surface area (Å²) in [5.41, 5.74) is 0.816. The highest BCUT2D eigenvalue weighted by Crippen LogP contribution is 2.23. The lowest BCUT2D eigenvalue weighted by Gasteiger charge is -2.18. The van der Waals surface area contributed by atoms with E-state index >= 15 is 0 Å². The molecular formula is C20H21ClN4O3S2. The number of amides is 1. The van der Waals surface area contributed by atoms with Crippen LogP contribution in [-0.2, 0) is 21.2 Å². The van der Waals surface area contributed by atoms with Crippen molar-refractivity contribution in [3.8, 4) is 0 Å². The number of halogens is 1. The number of hydrogen-bond acceptors (Lipinski definition) is 6. The zero-order valence-electron chi connectivity index (χ0n) is 16.4. The molecule has 1 unspecified atom stereocenters. The monoisotopic (exact) mass is 464 g/mol. The van der Waals surface area contributed by atoms with Crippen molar-refractivity contribution in [1.29, 1.82) is 0 Å². The van der Waals surface area contributed by atoms with Gasteiger partial charge in [-0.25, -0.2) is 8.42 Å². The van der Waals surface area contributed by atoms with Crippen molar-refractivity contribution in [3.05, 3.63) is 70.2 Å². The summed E-state index contributed by atoms with van der Waals surface area (Å²) < 4.78 is 28.2. The van der Waals surface area contributed by atoms with E-state index in [-0.39, 0.29) is 17.2 Å². The number of aromatic nitrogens is 2. The summed E-state index contributed by atoms with van der Waals surface area (Å²) in [6.45, 7) is 3.95. The first-order valence-corrected chi connectivity index (χ1v) is 11.9. The third-order valence-electron chi connectivity index (χ3n) is 4.19. The van der Waals surface area contributed by atoms with Gasteiger partial charge in [0.1, 0.15) is 11.0 Å². The highest BCUT2D eigenvalue weighted by molar-refractivity contribution is 7.89. The van der Waals surface area contributed by atoms with Gasteiger partial charge in [0.25, 0.3) is 0 Å². The molecular weight excluding hydrogens is 444 g/mol. The number of carbonyl (C=O) groups is 1. The Morgan fingerprint density at radius 3 is 2.33 bits per heavy atom. The van der Waals surface area contributed by atoms with Gasteiger partial charge in [-0.2, -0.15) is 4.72 Å². The third kappa shape index (κ3) is 5.85. The molecule has 1 atom stereocenters. The molecule has 3 aromatic rings. The van der Waals surface area contributed by atoms with Crippen LogP contribution >= 0.6 is 22.9 Å². The fourth-order valence-corrected chi connectivity index (χ4v) is 4.69. The Labute approximate surface area is 184 Å². The molecule has 0 aliphatic heterocycles. The topological polar surface area (TPSA) is 101 Å². The standard InChI is InChI=1S/C20H21ClN4O3S2/c1-13(2)19-23-24-20(29-19)22-18(26)17(12-14-6-4-3-5-7-14)25-30(27,28)16-10-8-15(21)9-11-16/h3-11,13,17,25H,12H2,1-2H3,(H,22,24,26). The summed E-state index contributed by atoms with van der Waals surface area (Å²) in [6.07, 6.45) is 0.176. The second kappa shape index (κ2) is 9.65. The molecule has 0 saturated carbocycles. The van der Waals surface area contributed by atoms with E-state index in [0.29, 0.717) is 10.2 Å². The number of nitrogens with one attached hydrogen (secondary N) is 2. The predicted octanol–water partition coefficient (Wildman–Crippen LogP) is 3.84. The molecule has 1 amide bonds. The van der Waals surface area contributed by atoms with Crippen LogP contribution in [0.1, 0.15) is 30.3 Å². The Balaban J connectivity index is 1.83. The Kier molecular flexibility index (Phi) is 7.19. The average molecular weight is 465 g/mol. The highest BCUT2D eigenvalue weighted by Gasteiger charge is 2.27. The molecule has 0 aliphatic rings. The third-order valence-corrected chi connectivity index (χ3v) is 7.06. The molecule has 1 heterocycles. The number of anilines is 1. The van der Waals surface area contributed by atoms with Crippen molar-refractivity contribution in [3.63, 3.8) is 0 Å².